The van der Waals surface area contributed by atoms with Gasteiger partial charge in [0.15, 0.2) is 0 Å². The summed E-state index contributed by atoms with van der Waals surface area (Å²) in [5, 5.41) is 19.9. The third-order valence-electron chi connectivity index (χ3n) is 5.79. The number of hydrogen-bond donors (Lipinski definition) is 0. The Labute approximate surface area is 128 Å². The lowest BCUT2D eigenvalue weighted by Crippen LogP contribution is -2.19. The Bertz CT molecular complexity index is 943. The molecule has 3 aliphatic carbocycles. The van der Waals surface area contributed by atoms with Gasteiger partial charge in [0.05, 0.1) is 17.6 Å². The second-order valence-electron chi connectivity index (χ2n) is 6.42. The van der Waals surface area contributed by atoms with Crippen LogP contribution in [0.4, 0.5) is 0 Å². The molecule has 0 unspecified atom stereocenters. The van der Waals surface area contributed by atoms with E-state index in [1.807, 2.05) is 36.4 Å². The lowest BCUT2D eigenvalue weighted by Gasteiger charge is -2.23. The number of benzene rings is 2. The van der Waals surface area contributed by atoms with Gasteiger partial charge in [0, 0.05) is 11.8 Å². The molecule has 0 radical (unpaired) electrons. The highest BCUT2D eigenvalue weighted by Crippen LogP contribution is 2.85. The topological polar surface area (TPSA) is 47.6 Å². The van der Waals surface area contributed by atoms with Crippen LogP contribution in [0, 0.1) is 33.5 Å². The first-order valence-electron chi connectivity index (χ1n) is 7.49. The zero-order valence-corrected chi connectivity index (χ0v) is 11.8. The minimum absolute atomic E-state index is 0.000746. The van der Waals surface area contributed by atoms with E-state index in [1.54, 1.807) is 0 Å². The van der Waals surface area contributed by atoms with Crippen molar-refractivity contribution >= 4 is 6.08 Å². The van der Waals surface area contributed by atoms with Crippen molar-refractivity contribution in [3.8, 4) is 12.1 Å². The maximum atomic E-state index is 10.1. The average molecular weight is 280 g/mol. The lowest BCUT2D eigenvalue weighted by atomic mass is 9.76. The van der Waals surface area contributed by atoms with Crippen molar-refractivity contribution in [2.24, 2.45) is 10.8 Å². The first-order valence-corrected chi connectivity index (χ1v) is 7.49. The third-order valence-corrected chi connectivity index (χ3v) is 5.79. The van der Waals surface area contributed by atoms with Crippen molar-refractivity contribution in [1.82, 2.24) is 0 Å². The first kappa shape index (κ1) is 11.8. The first-order chi connectivity index (χ1) is 10.8. The summed E-state index contributed by atoms with van der Waals surface area (Å²) in [6.07, 6.45) is 4.02. The molecule has 0 N–H and O–H groups in total. The summed E-state index contributed by atoms with van der Waals surface area (Å²) in [5.41, 5.74) is 3.37. The van der Waals surface area contributed by atoms with E-state index in [0.29, 0.717) is 0 Å². The highest BCUT2D eigenvalue weighted by atomic mass is 14.8. The van der Waals surface area contributed by atoms with Gasteiger partial charge in [-0.25, -0.2) is 0 Å². The lowest BCUT2D eigenvalue weighted by molar-refractivity contribution is 0.514. The van der Waals surface area contributed by atoms with E-state index >= 15 is 0 Å². The molecule has 0 spiro atoms. The fourth-order valence-electron chi connectivity index (χ4n) is 4.91. The molecule has 5 rings (SSSR count). The van der Waals surface area contributed by atoms with Crippen LogP contribution >= 0.6 is 0 Å². The standard InChI is InChI=1S/C20H12N2/c21-11-19-10-9-13-5-1-2-6-14(13)17-15-7-3-4-8-16(15)18(19)20(17,19)12-22/h1-10,17-18H/t17-,18-,19-,20-/m0/s1. The van der Waals surface area contributed by atoms with E-state index in [9.17, 15) is 10.5 Å². The number of hydrogen-bond acceptors (Lipinski definition) is 2. The van der Waals surface area contributed by atoms with Gasteiger partial charge in [0.1, 0.15) is 5.41 Å². The molecule has 0 amide bonds. The van der Waals surface area contributed by atoms with Gasteiger partial charge in [0.2, 0.25) is 0 Å². The Hall–Kier alpha value is -2.84. The molecule has 22 heavy (non-hydrogen) atoms. The minimum atomic E-state index is -0.681. The summed E-state index contributed by atoms with van der Waals surface area (Å²) in [4.78, 5) is 0. The molecule has 2 nitrogen and oxygen atoms in total. The summed E-state index contributed by atoms with van der Waals surface area (Å²) < 4.78 is 0. The molecule has 2 aromatic carbocycles. The molecular formula is C20H12N2. The molecular weight excluding hydrogens is 268 g/mol. The predicted octanol–water partition coefficient (Wildman–Crippen LogP) is 3.98. The van der Waals surface area contributed by atoms with E-state index in [0.717, 1.165) is 5.56 Å². The number of allylic oxidation sites excluding steroid dienone is 1. The van der Waals surface area contributed by atoms with Crippen molar-refractivity contribution in [2.75, 3.05) is 0 Å². The quantitative estimate of drug-likeness (QED) is 0.733. The van der Waals surface area contributed by atoms with Crippen LogP contribution in [-0.2, 0) is 0 Å². The normalized spacial score (nSPS) is 35.4. The molecule has 2 aromatic rings. The summed E-state index contributed by atoms with van der Waals surface area (Å²) in [5.74, 6) is -0.00893. The molecule has 0 bridgehead atoms. The Morgan fingerprint density at radius 2 is 1.50 bits per heavy atom. The number of nitriles is 2. The summed E-state index contributed by atoms with van der Waals surface area (Å²) in [7, 11) is 0. The Morgan fingerprint density at radius 1 is 0.818 bits per heavy atom. The van der Waals surface area contributed by atoms with E-state index in [2.05, 4.69) is 36.4 Å². The van der Waals surface area contributed by atoms with E-state index in [-0.39, 0.29) is 11.8 Å². The van der Waals surface area contributed by atoms with E-state index in [1.165, 1.54) is 16.7 Å². The van der Waals surface area contributed by atoms with Gasteiger partial charge >= 0.3 is 0 Å². The van der Waals surface area contributed by atoms with Gasteiger partial charge in [-0.15, -0.1) is 0 Å². The van der Waals surface area contributed by atoms with Crippen molar-refractivity contribution in [2.45, 2.75) is 11.8 Å². The van der Waals surface area contributed by atoms with E-state index < -0.39 is 10.8 Å². The Balaban J connectivity index is 1.93. The largest absolute Gasteiger partial charge is 0.198 e. The summed E-state index contributed by atoms with van der Waals surface area (Å²) in [6.45, 7) is 0. The number of fused-ring (bicyclic) bond motifs is 6. The summed E-state index contributed by atoms with van der Waals surface area (Å²) in [6, 6.07) is 21.5. The Morgan fingerprint density at radius 3 is 2.23 bits per heavy atom. The number of nitrogens with zero attached hydrogens (tertiary/aromatic N) is 2. The highest BCUT2D eigenvalue weighted by molar-refractivity contribution is 5.74. The molecule has 0 aliphatic heterocycles. The van der Waals surface area contributed by atoms with Crippen LogP contribution in [0.3, 0.4) is 0 Å². The summed E-state index contributed by atoms with van der Waals surface area (Å²) >= 11 is 0. The molecule has 1 fully saturated rings. The Kier molecular flexibility index (Phi) is 1.87. The predicted molar refractivity (Wildman–Crippen MR) is 82.6 cm³/mol. The van der Waals surface area contributed by atoms with Crippen LogP contribution in [0.1, 0.15) is 34.1 Å². The highest BCUT2D eigenvalue weighted by Gasteiger charge is 2.84. The van der Waals surface area contributed by atoms with Gasteiger partial charge in [-0.1, -0.05) is 60.7 Å². The maximum Gasteiger partial charge on any atom is 0.104 e. The maximum absolute atomic E-state index is 10.1. The van der Waals surface area contributed by atoms with Crippen LogP contribution in [0.15, 0.2) is 54.6 Å². The van der Waals surface area contributed by atoms with Gasteiger partial charge in [-0.05, 0) is 22.3 Å². The molecule has 102 valence electrons. The van der Waals surface area contributed by atoms with Crippen molar-refractivity contribution in [1.29, 1.82) is 10.5 Å². The molecule has 0 heterocycles. The zero-order chi connectivity index (χ0) is 14.9. The smallest absolute Gasteiger partial charge is 0.104 e. The van der Waals surface area contributed by atoms with Crippen LogP contribution in [0.25, 0.3) is 6.08 Å². The fraction of sp³-hybridized carbons (Fsp3) is 0.200. The van der Waals surface area contributed by atoms with Gasteiger partial charge in [-0.2, -0.15) is 10.5 Å². The molecule has 0 saturated heterocycles. The monoisotopic (exact) mass is 280 g/mol. The van der Waals surface area contributed by atoms with Crippen LogP contribution < -0.4 is 0 Å². The van der Waals surface area contributed by atoms with Crippen molar-refractivity contribution in [3.63, 3.8) is 0 Å². The zero-order valence-electron chi connectivity index (χ0n) is 11.8. The van der Waals surface area contributed by atoms with Crippen molar-refractivity contribution in [3.05, 3.63) is 76.9 Å². The third kappa shape index (κ3) is 0.965. The van der Waals surface area contributed by atoms with Crippen molar-refractivity contribution < 1.29 is 0 Å². The van der Waals surface area contributed by atoms with Gasteiger partial charge in [0.25, 0.3) is 0 Å². The van der Waals surface area contributed by atoms with Gasteiger partial charge < -0.3 is 0 Å². The minimum Gasteiger partial charge on any atom is -0.198 e. The second kappa shape index (κ2) is 3.49. The van der Waals surface area contributed by atoms with Crippen LogP contribution in [0.2, 0.25) is 0 Å². The molecule has 1 saturated carbocycles. The molecule has 4 atom stereocenters. The average Bonchev–Trinajstić information content (AvgIpc) is 3.06. The molecule has 2 heteroatoms. The van der Waals surface area contributed by atoms with E-state index in [4.69, 9.17) is 0 Å². The van der Waals surface area contributed by atoms with Crippen LogP contribution in [0.5, 0.6) is 0 Å². The van der Waals surface area contributed by atoms with Crippen LogP contribution in [-0.4, -0.2) is 0 Å². The van der Waals surface area contributed by atoms with Gasteiger partial charge in [-0.3, -0.25) is 0 Å². The number of rotatable bonds is 0. The molecule has 3 aliphatic rings. The SMILES string of the molecule is N#C[C@@]12[C@H]3c4ccccc4C=C[C@]1(C#N)[C@@H]2c1ccccc13. The fourth-order valence-corrected chi connectivity index (χ4v) is 4.91. The second-order valence-corrected chi connectivity index (χ2v) is 6.42. The molecule has 0 aromatic heterocycles.